The lowest BCUT2D eigenvalue weighted by Crippen LogP contribution is -2.48. The van der Waals surface area contributed by atoms with Crippen LogP contribution in [0.15, 0.2) is 102 Å². The van der Waals surface area contributed by atoms with Crippen molar-refractivity contribution in [1.29, 1.82) is 0 Å². The summed E-state index contributed by atoms with van der Waals surface area (Å²) < 4.78 is 6.32. The quantitative estimate of drug-likeness (QED) is 0.184. The van der Waals surface area contributed by atoms with Gasteiger partial charge in [-0.05, 0) is 54.4 Å². The fourth-order valence-corrected chi connectivity index (χ4v) is 7.35. The van der Waals surface area contributed by atoms with E-state index in [1.54, 1.807) is 55.6 Å². The molecule has 3 aliphatic rings. The Morgan fingerprint density at radius 1 is 0.878 bits per heavy atom. The van der Waals surface area contributed by atoms with E-state index in [1.165, 1.54) is 0 Å². The molecule has 0 amide bonds. The van der Waals surface area contributed by atoms with Gasteiger partial charge in [-0.1, -0.05) is 88.2 Å². The van der Waals surface area contributed by atoms with Gasteiger partial charge in [-0.25, -0.2) is 0 Å². The zero-order valence-electron chi connectivity index (χ0n) is 22.5. The fraction of sp³-hybridized carbons (Fsp3) is 0.171. The van der Waals surface area contributed by atoms with Crippen LogP contribution in [0.1, 0.15) is 53.7 Å². The molecule has 6 heteroatoms. The van der Waals surface area contributed by atoms with Crippen LogP contribution in [0.2, 0.25) is 0 Å². The molecular formula is C35H26BrNO4. The molecule has 0 saturated carbocycles. The summed E-state index contributed by atoms with van der Waals surface area (Å²) in [6.45, 7) is 2.02. The number of hydrogen-bond donors (Lipinski definition) is 0. The van der Waals surface area contributed by atoms with Crippen LogP contribution in [0.5, 0.6) is 5.75 Å². The molecule has 4 aromatic rings. The Kier molecular flexibility index (Phi) is 5.87. The number of carbonyl (C=O) groups excluding carboxylic acids is 3. The van der Waals surface area contributed by atoms with Crippen LogP contribution >= 0.6 is 15.9 Å². The standard InChI is InChI=1S/C35H26BrNO4/c1-20-10-16-28-22(18-20)13-17-29-35(33(39)26-8-3-4-9-27(26)34(35)40)30(21-11-14-24(36)15-12-21)31(37(28)29)32(38)23-6-5-7-25(19-23)41-2/h3-19,29-31H,1-2H3/t29-,30-,31-/m0/s1. The zero-order chi connectivity index (χ0) is 28.5. The summed E-state index contributed by atoms with van der Waals surface area (Å²) in [7, 11) is 1.57. The molecule has 41 heavy (non-hydrogen) atoms. The van der Waals surface area contributed by atoms with E-state index in [0.29, 0.717) is 22.4 Å². The lowest BCUT2D eigenvalue weighted by Gasteiger charge is -2.37. The van der Waals surface area contributed by atoms with Crippen LogP contribution in [-0.4, -0.2) is 36.5 Å². The molecule has 2 aliphatic heterocycles. The van der Waals surface area contributed by atoms with E-state index in [0.717, 1.165) is 26.9 Å². The molecule has 2 heterocycles. The Balaban J connectivity index is 1.54. The van der Waals surface area contributed by atoms with Crippen molar-refractivity contribution in [3.63, 3.8) is 0 Å². The minimum atomic E-state index is -1.52. The first-order valence-electron chi connectivity index (χ1n) is 13.6. The Morgan fingerprint density at radius 3 is 2.27 bits per heavy atom. The maximum absolute atomic E-state index is 14.8. The molecule has 4 aromatic carbocycles. The normalized spacial score (nSPS) is 21.5. The maximum atomic E-state index is 14.8. The molecule has 202 valence electrons. The number of ketones is 3. The highest BCUT2D eigenvalue weighted by Crippen LogP contribution is 2.61. The minimum Gasteiger partial charge on any atom is -0.497 e. The molecular weight excluding hydrogens is 578 g/mol. The number of methoxy groups -OCH3 is 1. The second kappa shape index (κ2) is 9.38. The Bertz CT molecular complexity index is 1760. The third-order valence-corrected chi connectivity index (χ3v) is 9.34. The van der Waals surface area contributed by atoms with Gasteiger partial charge in [0.05, 0.1) is 13.2 Å². The average Bonchev–Trinajstić information content (AvgIpc) is 3.43. The van der Waals surface area contributed by atoms with E-state index in [2.05, 4.69) is 22.0 Å². The van der Waals surface area contributed by atoms with E-state index >= 15 is 0 Å². The third-order valence-electron chi connectivity index (χ3n) is 8.81. The number of fused-ring (bicyclic) bond motifs is 5. The van der Waals surface area contributed by atoms with Gasteiger partial charge in [0.15, 0.2) is 17.3 Å². The van der Waals surface area contributed by atoms with Gasteiger partial charge in [0.2, 0.25) is 0 Å². The number of aryl methyl sites for hydroxylation is 1. The molecule has 0 bridgehead atoms. The highest BCUT2D eigenvalue weighted by molar-refractivity contribution is 9.10. The monoisotopic (exact) mass is 603 g/mol. The first-order chi connectivity index (χ1) is 19.9. The largest absolute Gasteiger partial charge is 0.497 e. The Labute approximate surface area is 246 Å². The van der Waals surface area contributed by atoms with Gasteiger partial charge in [0.1, 0.15) is 17.2 Å². The predicted octanol–water partition coefficient (Wildman–Crippen LogP) is 7.08. The minimum absolute atomic E-state index is 0.169. The van der Waals surface area contributed by atoms with Crippen LogP contribution in [0.25, 0.3) is 6.08 Å². The van der Waals surface area contributed by atoms with Crippen molar-refractivity contribution in [2.75, 3.05) is 12.0 Å². The fourth-order valence-electron chi connectivity index (χ4n) is 7.09. The number of rotatable bonds is 4. The molecule has 3 atom stereocenters. The third kappa shape index (κ3) is 3.56. The molecule has 1 saturated heterocycles. The van der Waals surface area contributed by atoms with E-state index in [4.69, 9.17) is 4.74 Å². The molecule has 7 rings (SSSR count). The number of carbonyl (C=O) groups is 3. The van der Waals surface area contributed by atoms with Gasteiger partial charge in [-0.3, -0.25) is 14.4 Å². The van der Waals surface area contributed by atoms with Gasteiger partial charge >= 0.3 is 0 Å². The SMILES string of the molecule is COc1cccc(C(=O)[C@@H]2[C@H](c3ccc(Br)cc3)C3(C(=O)c4ccccc4C3=O)[C@@H]3C=Cc4cc(C)ccc4N23)c1. The highest BCUT2D eigenvalue weighted by atomic mass is 79.9. The van der Waals surface area contributed by atoms with Crippen molar-refractivity contribution in [1.82, 2.24) is 0 Å². The predicted molar refractivity (Wildman–Crippen MR) is 162 cm³/mol. The number of halogens is 1. The summed E-state index contributed by atoms with van der Waals surface area (Å²) in [5, 5.41) is 0. The summed E-state index contributed by atoms with van der Waals surface area (Å²) in [6, 6.07) is 26.4. The van der Waals surface area contributed by atoms with Crippen molar-refractivity contribution in [2.45, 2.75) is 24.9 Å². The number of benzene rings is 4. The summed E-state index contributed by atoms with van der Waals surface area (Å²) in [6.07, 6.45) is 3.94. The second-order valence-corrected chi connectivity index (χ2v) is 11.8. The Morgan fingerprint density at radius 2 is 1.59 bits per heavy atom. The molecule has 1 fully saturated rings. The molecule has 5 nitrogen and oxygen atoms in total. The first-order valence-corrected chi connectivity index (χ1v) is 14.3. The van der Waals surface area contributed by atoms with Crippen molar-refractivity contribution < 1.29 is 19.1 Å². The van der Waals surface area contributed by atoms with Crippen molar-refractivity contribution in [2.24, 2.45) is 5.41 Å². The molecule has 0 N–H and O–H groups in total. The topological polar surface area (TPSA) is 63.7 Å². The molecule has 1 spiro atoms. The molecule has 0 unspecified atom stereocenters. The lowest BCUT2D eigenvalue weighted by molar-refractivity contribution is 0.0666. The number of Topliss-reactive ketones (excluding diaryl/α,β-unsaturated/α-hetero) is 3. The number of ether oxygens (including phenoxy) is 1. The Hall–Kier alpha value is -4.29. The van der Waals surface area contributed by atoms with E-state index in [-0.39, 0.29) is 17.3 Å². The maximum Gasteiger partial charge on any atom is 0.186 e. The summed E-state index contributed by atoms with van der Waals surface area (Å²) in [4.78, 5) is 46.2. The van der Waals surface area contributed by atoms with Gasteiger partial charge in [0, 0.05) is 32.8 Å². The second-order valence-electron chi connectivity index (χ2n) is 10.9. The smallest absolute Gasteiger partial charge is 0.186 e. The molecule has 1 aliphatic carbocycles. The van der Waals surface area contributed by atoms with Crippen LogP contribution in [0, 0.1) is 12.3 Å². The van der Waals surface area contributed by atoms with Crippen LogP contribution in [-0.2, 0) is 0 Å². The summed E-state index contributed by atoms with van der Waals surface area (Å²) in [5.41, 5.74) is 3.41. The van der Waals surface area contributed by atoms with E-state index in [1.807, 2.05) is 60.4 Å². The van der Waals surface area contributed by atoms with Crippen molar-refractivity contribution in [3.05, 3.63) is 135 Å². The number of anilines is 1. The number of hydrogen-bond acceptors (Lipinski definition) is 5. The van der Waals surface area contributed by atoms with Crippen molar-refractivity contribution in [3.8, 4) is 5.75 Å². The van der Waals surface area contributed by atoms with Crippen LogP contribution in [0.4, 0.5) is 5.69 Å². The summed E-state index contributed by atoms with van der Waals surface area (Å²) in [5.74, 6) is -0.819. The average molecular weight is 605 g/mol. The van der Waals surface area contributed by atoms with Gasteiger partial charge in [0.25, 0.3) is 0 Å². The summed E-state index contributed by atoms with van der Waals surface area (Å²) >= 11 is 3.53. The van der Waals surface area contributed by atoms with Gasteiger partial charge < -0.3 is 9.64 Å². The van der Waals surface area contributed by atoms with Crippen LogP contribution in [0.3, 0.4) is 0 Å². The number of nitrogens with zero attached hydrogens (tertiary/aromatic N) is 1. The highest BCUT2D eigenvalue weighted by Gasteiger charge is 2.71. The first kappa shape index (κ1) is 25.7. The van der Waals surface area contributed by atoms with E-state index in [9.17, 15) is 14.4 Å². The van der Waals surface area contributed by atoms with E-state index < -0.39 is 23.4 Å². The van der Waals surface area contributed by atoms with Crippen LogP contribution < -0.4 is 9.64 Å². The van der Waals surface area contributed by atoms with Crippen molar-refractivity contribution >= 4 is 45.0 Å². The molecule has 0 aromatic heterocycles. The lowest BCUT2D eigenvalue weighted by atomic mass is 9.64. The zero-order valence-corrected chi connectivity index (χ0v) is 24.1. The van der Waals surface area contributed by atoms with Gasteiger partial charge in [-0.2, -0.15) is 0 Å². The van der Waals surface area contributed by atoms with Gasteiger partial charge in [-0.15, -0.1) is 0 Å². The molecule has 0 radical (unpaired) electrons.